The molecule has 0 amide bonds. The summed E-state index contributed by atoms with van der Waals surface area (Å²) in [6.45, 7) is 14.7. The number of nitrogens with zero attached hydrogens (tertiary/aromatic N) is 3. The van der Waals surface area contributed by atoms with Gasteiger partial charge in [0.15, 0.2) is 0 Å². The van der Waals surface area contributed by atoms with Crippen LogP contribution in [-0.2, 0) is 33.1 Å². The van der Waals surface area contributed by atoms with Crippen molar-refractivity contribution in [2.75, 3.05) is 0 Å². The SMILES string of the molecule is CC(C)Cc1cc(-c2[c-]cccc2)ncc1[Si](C)(C)C.CCn1c(-c2[c-]cc3sc4cc(-c5cccc(F)c5)ccc4c3c2)nc2ccccc21.[Ir]. The number of halogens is 1. The van der Waals surface area contributed by atoms with Gasteiger partial charge in [-0.3, -0.25) is 4.98 Å². The molecule has 1 radical (unpaired) electrons. The van der Waals surface area contributed by atoms with Gasteiger partial charge in [0, 0.05) is 37.5 Å². The average Bonchev–Trinajstić information content (AvgIpc) is 3.69. The van der Waals surface area contributed by atoms with Gasteiger partial charge in [0.05, 0.1) is 24.9 Å². The molecule has 3 nitrogen and oxygen atoms in total. The van der Waals surface area contributed by atoms with Gasteiger partial charge in [0.2, 0.25) is 0 Å². The molecule has 7 heteroatoms. The van der Waals surface area contributed by atoms with E-state index in [1.165, 1.54) is 37.0 Å². The van der Waals surface area contributed by atoms with E-state index in [4.69, 9.17) is 4.98 Å². The molecule has 0 fully saturated rings. The van der Waals surface area contributed by atoms with Crippen LogP contribution in [0.3, 0.4) is 0 Å². The third-order valence-electron chi connectivity index (χ3n) is 9.19. The van der Waals surface area contributed by atoms with Crippen molar-refractivity contribution in [3.63, 3.8) is 0 Å². The quantitative estimate of drug-likeness (QED) is 0.118. The van der Waals surface area contributed by atoms with Gasteiger partial charge in [-0.15, -0.1) is 59.7 Å². The van der Waals surface area contributed by atoms with Crippen molar-refractivity contribution in [3.05, 3.63) is 139 Å². The second-order valence-electron chi connectivity index (χ2n) is 14.5. The van der Waals surface area contributed by atoms with Gasteiger partial charge < -0.3 is 9.55 Å². The molecule has 52 heavy (non-hydrogen) atoms. The molecule has 3 aromatic heterocycles. The van der Waals surface area contributed by atoms with Crippen molar-refractivity contribution in [2.24, 2.45) is 5.92 Å². The van der Waals surface area contributed by atoms with Crippen LogP contribution < -0.4 is 5.19 Å². The van der Waals surface area contributed by atoms with Crippen LogP contribution in [0, 0.1) is 23.9 Å². The van der Waals surface area contributed by atoms with Gasteiger partial charge in [-0.25, -0.2) is 4.39 Å². The largest absolute Gasteiger partial charge is 0.364 e. The maximum atomic E-state index is 13.7. The Morgan fingerprint density at radius 1 is 0.808 bits per heavy atom. The van der Waals surface area contributed by atoms with Crippen LogP contribution in [-0.4, -0.2) is 22.6 Å². The van der Waals surface area contributed by atoms with E-state index >= 15 is 0 Å². The Bertz CT molecular complexity index is 2480. The van der Waals surface area contributed by atoms with Crippen molar-refractivity contribution >= 4 is 55.8 Å². The molecule has 265 valence electrons. The molecular formula is C45H42FIrN3SSi-2. The van der Waals surface area contributed by atoms with Crippen LogP contribution in [0.4, 0.5) is 4.39 Å². The molecule has 8 rings (SSSR count). The molecule has 0 atom stereocenters. The first kappa shape index (κ1) is 37.5. The smallest absolute Gasteiger partial charge is 0.123 e. The molecule has 0 saturated heterocycles. The Hall–Kier alpha value is -4.26. The summed E-state index contributed by atoms with van der Waals surface area (Å²) in [5.41, 5.74) is 8.66. The number of fused-ring (bicyclic) bond motifs is 4. The zero-order valence-electron chi connectivity index (χ0n) is 30.4. The first-order valence-electron chi connectivity index (χ1n) is 17.6. The molecule has 3 heterocycles. The number of benzene rings is 5. The number of hydrogen-bond donors (Lipinski definition) is 0. The Morgan fingerprint density at radius 2 is 1.60 bits per heavy atom. The van der Waals surface area contributed by atoms with Crippen molar-refractivity contribution in [2.45, 2.75) is 53.4 Å². The summed E-state index contributed by atoms with van der Waals surface area (Å²) in [7, 11) is -1.34. The van der Waals surface area contributed by atoms with Crippen molar-refractivity contribution < 1.29 is 24.5 Å². The summed E-state index contributed by atoms with van der Waals surface area (Å²) in [4.78, 5) is 9.57. The minimum absolute atomic E-state index is 0. The summed E-state index contributed by atoms with van der Waals surface area (Å²) in [5, 5.41) is 3.90. The van der Waals surface area contributed by atoms with Crippen LogP contribution in [0.2, 0.25) is 19.6 Å². The van der Waals surface area contributed by atoms with E-state index in [-0.39, 0.29) is 25.9 Å². The number of para-hydroxylation sites is 2. The summed E-state index contributed by atoms with van der Waals surface area (Å²) in [5.74, 6) is 1.40. The minimum Gasteiger partial charge on any atom is -0.364 e. The molecule has 0 spiro atoms. The monoisotopic (exact) mass is 896 g/mol. The predicted octanol–water partition coefficient (Wildman–Crippen LogP) is 12.0. The first-order valence-corrected chi connectivity index (χ1v) is 22.0. The normalized spacial score (nSPS) is 11.5. The van der Waals surface area contributed by atoms with E-state index in [0.717, 1.165) is 57.8 Å². The molecule has 0 N–H and O–H groups in total. The van der Waals surface area contributed by atoms with Gasteiger partial charge in [0.1, 0.15) is 5.82 Å². The van der Waals surface area contributed by atoms with Gasteiger partial charge in [-0.05, 0) is 81.7 Å². The second-order valence-corrected chi connectivity index (χ2v) is 20.6. The molecule has 0 aliphatic carbocycles. The van der Waals surface area contributed by atoms with Crippen molar-refractivity contribution in [3.8, 4) is 33.8 Å². The number of rotatable bonds is 7. The van der Waals surface area contributed by atoms with Crippen molar-refractivity contribution in [1.82, 2.24) is 14.5 Å². The van der Waals surface area contributed by atoms with E-state index in [1.807, 2.05) is 30.3 Å². The van der Waals surface area contributed by atoms with E-state index in [1.54, 1.807) is 23.5 Å². The van der Waals surface area contributed by atoms with Crippen LogP contribution in [0.5, 0.6) is 0 Å². The van der Waals surface area contributed by atoms with Gasteiger partial charge in [-0.2, -0.15) is 11.3 Å². The fraction of sp³-hybridized carbons (Fsp3) is 0.200. The Morgan fingerprint density at radius 3 is 2.33 bits per heavy atom. The third kappa shape index (κ3) is 7.89. The summed E-state index contributed by atoms with van der Waals surface area (Å²) in [6, 6.07) is 42.7. The maximum Gasteiger partial charge on any atom is 0.123 e. The Kier molecular flexibility index (Phi) is 11.4. The second kappa shape index (κ2) is 15.8. The van der Waals surface area contributed by atoms with Crippen molar-refractivity contribution in [1.29, 1.82) is 0 Å². The number of aromatic nitrogens is 3. The zero-order valence-corrected chi connectivity index (χ0v) is 34.6. The molecule has 5 aromatic carbocycles. The molecule has 0 unspecified atom stereocenters. The average molecular weight is 896 g/mol. The fourth-order valence-corrected chi connectivity index (χ4v) is 9.48. The van der Waals surface area contributed by atoms with Crippen LogP contribution in [0.1, 0.15) is 26.3 Å². The Labute approximate surface area is 325 Å². The Balaban J connectivity index is 0.000000193. The van der Waals surface area contributed by atoms with Crippen LogP contribution >= 0.6 is 11.3 Å². The molecule has 0 aliphatic heterocycles. The number of thiophene rings is 1. The molecule has 8 aromatic rings. The molecule has 0 aliphatic rings. The van der Waals surface area contributed by atoms with Gasteiger partial charge in [-0.1, -0.05) is 86.9 Å². The van der Waals surface area contributed by atoms with Crippen LogP contribution in [0.15, 0.2) is 115 Å². The number of hydrogen-bond acceptors (Lipinski definition) is 3. The summed E-state index contributed by atoms with van der Waals surface area (Å²) >= 11 is 1.74. The maximum absolute atomic E-state index is 13.7. The predicted molar refractivity (Wildman–Crippen MR) is 218 cm³/mol. The number of imidazole rings is 1. The van der Waals surface area contributed by atoms with E-state index in [9.17, 15) is 4.39 Å². The van der Waals surface area contributed by atoms with E-state index in [0.29, 0.717) is 5.92 Å². The summed E-state index contributed by atoms with van der Waals surface area (Å²) < 4.78 is 18.3. The number of pyridine rings is 1. The topological polar surface area (TPSA) is 30.7 Å². The van der Waals surface area contributed by atoms with Gasteiger partial charge >= 0.3 is 0 Å². The minimum atomic E-state index is -1.34. The first-order chi connectivity index (χ1) is 24.6. The fourth-order valence-electron chi connectivity index (χ4n) is 6.78. The van der Waals surface area contributed by atoms with E-state index < -0.39 is 8.07 Å². The molecular weight excluding hydrogens is 854 g/mol. The zero-order chi connectivity index (χ0) is 35.7. The third-order valence-corrected chi connectivity index (χ3v) is 12.4. The molecule has 0 bridgehead atoms. The molecule has 0 saturated carbocycles. The summed E-state index contributed by atoms with van der Waals surface area (Å²) in [6.07, 6.45) is 3.24. The van der Waals surface area contributed by atoms with Crippen LogP contribution in [0.25, 0.3) is 65.0 Å². The van der Waals surface area contributed by atoms with E-state index in [2.05, 4.69) is 129 Å². The number of aryl methyl sites for hydroxylation is 1. The van der Waals surface area contributed by atoms with Gasteiger partial charge in [0.25, 0.3) is 0 Å². The standard InChI is InChI=1S/C27H18FN2S.C18H24NSi.Ir/c1-2-30-24-9-4-3-8-23(24)29-27(30)19-11-13-25-22(15-19)21-12-10-18(16-26(21)31-25)17-6-5-7-20(28)14-17;1-14(2)11-16-12-17(15-9-7-6-8-10-15)19-13-18(16)20(3,4)5;/h3-10,12-16H,2H2,1H3;6-9,12-14H,11H2,1-5H3;/q2*-1;.